The summed E-state index contributed by atoms with van der Waals surface area (Å²) >= 11 is 0. The summed E-state index contributed by atoms with van der Waals surface area (Å²) in [4.78, 5) is 14.5. The molecule has 1 heterocycles. The highest BCUT2D eigenvalue weighted by Crippen LogP contribution is 2.45. The van der Waals surface area contributed by atoms with Crippen molar-refractivity contribution in [2.24, 2.45) is 11.8 Å². The third-order valence-corrected chi connectivity index (χ3v) is 4.51. The minimum atomic E-state index is -0.113. The quantitative estimate of drug-likeness (QED) is 0.785. The van der Waals surface area contributed by atoms with Gasteiger partial charge in [-0.3, -0.25) is 10.1 Å². The molecule has 16 heavy (non-hydrogen) atoms. The Kier molecular flexibility index (Phi) is 2.29. The molecule has 1 N–H and O–H groups in total. The Morgan fingerprint density at radius 3 is 2.69 bits per heavy atom. The highest BCUT2D eigenvalue weighted by atomic mass is 16.2. The van der Waals surface area contributed by atoms with Crippen molar-refractivity contribution < 1.29 is 4.79 Å². The van der Waals surface area contributed by atoms with Crippen LogP contribution in [0, 0.1) is 11.8 Å². The second kappa shape index (κ2) is 3.46. The summed E-state index contributed by atoms with van der Waals surface area (Å²) in [6, 6.07) is 0. The lowest BCUT2D eigenvalue weighted by molar-refractivity contribution is -0.131. The van der Waals surface area contributed by atoms with E-state index in [1.165, 1.54) is 6.42 Å². The number of amides is 1. The third kappa shape index (κ3) is 1.56. The van der Waals surface area contributed by atoms with Gasteiger partial charge in [0.05, 0.1) is 11.7 Å². The smallest absolute Gasteiger partial charge is 0.244 e. The molecule has 0 aromatic carbocycles. The van der Waals surface area contributed by atoms with Crippen molar-refractivity contribution >= 4 is 5.91 Å². The zero-order valence-corrected chi connectivity index (χ0v) is 10.3. The zero-order chi connectivity index (χ0) is 11.3. The summed E-state index contributed by atoms with van der Waals surface area (Å²) in [5.41, 5.74) is -0.113. The molecule has 1 aliphatic heterocycles. The lowest BCUT2D eigenvalue weighted by atomic mass is 10.2. The number of nitrogens with zero attached hydrogens (tertiary/aromatic N) is 1. The van der Waals surface area contributed by atoms with Crippen molar-refractivity contribution in [3.63, 3.8) is 0 Å². The highest BCUT2D eigenvalue weighted by Gasteiger charge is 2.59. The first-order valence-electron chi connectivity index (χ1n) is 6.75. The number of carbonyl (C=O) groups excluding carboxylic acids is 1. The standard InChI is InChI=1S/C13H22N2O/c1-3-4-11-14-13(5-6-13)12(16)15(11)8-10-7-9(10)2/h9-11,14H,3-8H2,1-2H3. The lowest BCUT2D eigenvalue weighted by Crippen LogP contribution is -2.38. The van der Waals surface area contributed by atoms with Gasteiger partial charge < -0.3 is 4.90 Å². The van der Waals surface area contributed by atoms with E-state index < -0.39 is 0 Å². The minimum Gasteiger partial charge on any atom is -0.325 e. The Hall–Kier alpha value is -0.570. The molecule has 3 unspecified atom stereocenters. The van der Waals surface area contributed by atoms with Gasteiger partial charge >= 0.3 is 0 Å². The predicted octanol–water partition coefficient (Wildman–Crippen LogP) is 1.73. The van der Waals surface area contributed by atoms with Gasteiger partial charge in [-0.15, -0.1) is 0 Å². The Balaban J connectivity index is 1.69. The second-order valence-corrected chi connectivity index (χ2v) is 5.96. The lowest BCUT2D eigenvalue weighted by Gasteiger charge is -2.23. The van der Waals surface area contributed by atoms with Crippen LogP contribution in [0.4, 0.5) is 0 Å². The highest BCUT2D eigenvalue weighted by molar-refractivity contribution is 5.91. The SMILES string of the molecule is CCCC1NC2(CC2)C(=O)N1CC1CC1C. The molecule has 3 fully saturated rings. The van der Waals surface area contributed by atoms with Crippen molar-refractivity contribution in [1.29, 1.82) is 0 Å². The average molecular weight is 222 g/mol. The molecule has 3 nitrogen and oxygen atoms in total. The van der Waals surface area contributed by atoms with Crippen molar-refractivity contribution in [2.45, 2.75) is 57.7 Å². The monoisotopic (exact) mass is 222 g/mol. The van der Waals surface area contributed by atoms with E-state index in [9.17, 15) is 4.79 Å². The first-order valence-corrected chi connectivity index (χ1v) is 6.75. The van der Waals surface area contributed by atoms with E-state index in [2.05, 4.69) is 24.1 Å². The fourth-order valence-electron chi connectivity index (χ4n) is 2.98. The summed E-state index contributed by atoms with van der Waals surface area (Å²) in [7, 11) is 0. The molecule has 3 heteroatoms. The molecule has 90 valence electrons. The van der Waals surface area contributed by atoms with Gasteiger partial charge in [-0.1, -0.05) is 20.3 Å². The van der Waals surface area contributed by atoms with E-state index >= 15 is 0 Å². The maximum Gasteiger partial charge on any atom is 0.244 e. The van der Waals surface area contributed by atoms with Gasteiger partial charge in [-0.2, -0.15) is 0 Å². The average Bonchev–Trinajstić information content (AvgIpc) is 3.12. The Labute approximate surface area is 97.6 Å². The number of rotatable bonds is 4. The molecule has 2 aliphatic carbocycles. The molecular weight excluding hydrogens is 200 g/mol. The molecule has 1 spiro atoms. The van der Waals surface area contributed by atoms with Crippen molar-refractivity contribution in [2.75, 3.05) is 6.54 Å². The van der Waals surface area contributed by atoms with Crippen molar-refractivity contribution in [3.8, 4) is 0 Å². The first kappa shape index (κ1) is 10.6. The molecular formula is C13H22N2O. The molecule has 3 aliphatic rings. The number of carbonyl (C=O) groups is 1. The van der Waals surface area contributed by atoms with Crippen LogP contribution in [-0.2, 0) is 4.79 Å². The number of hydrogen-bond donors (Lipinski definition) is 1. The zero-order valence-electron chi connectivity index (χ0n) is 10.3. The van der Waals surface area contributed by atoms with E-state index in [1.54, 1.807) is 0 Å². The van der Waals surface area contributed by atoms with Gasteiger partial charge in [0.25, 0.3) is 0 Å². The summed E-state index contributed by atoms with van der Waals surface area (Å²) in [5, 5.41) is 3.57. The van der Waals surface area contributed by atoms with Gasteiger partial charge in [0.1, 0.15) is 0 Å². The molecule has 2 saturated carbocycles. The van der Waals surface area contributed by atoms with Crippen LogP contribution in [0.15, 0.2) is 0 Å². The Morgan fingerprint density at radius 1 is 1.50 bits per heavy atom. The Bertz CT molecular complexity index is 311. The van der Waals surface area contributed by atoms with Gasteiger partial charge in [0.15, 0.2) is 0 Å². The van der Waals surface area contributed by atoms with Gasteiger partial charge in [-0.25, -0.2) is 0 Å². The first-order chi connectivity index (χ1) is 7.66. The van der Waals surface area contributed by atoms with Crippen molar-refractivity contribution in [1.82, 2.24) is 10.2 Å². The summed E-state index contributed by atoms with van der Waals surface area (Å²) < 4.78 is 0. The molecule has 0 radical (unpaired) electrons. The Morgan fingerprint density at radius 2 is 2.19 bits per heavy atom. The van der Waals surface area contributed by atoms with E-state index in [1.807, 2.05) is 0 Å². The second-order valence-electron chi connectivity index (χ2n) is 5.96. The molecule has 0 aromatic rings. The van der Waals surface area contributed by atoms with Crippen molar-refractivity contribution in [3.05, 3.63) is 0 Å². The molecule has 1 amide bonds. The van der Waals surface area contributed by atoms with Crippen LogP contribution in [0.2, 0.25) is 0 Å². The fraction of sp³-hybridized carbons (Fsp3) is 0.923. The maximum absolute atomic E-state index is 12.3. The topological polar surface area (TPSA) is 32.3 Å². The third-order valence-electron chi connectivity index (χ3n) is 4.51. The number of hydrogen-bond acceptors (Lipinski definition) is 2. The van der Waals surface area contributed by atoms with Crippen LogP contribution in [0.1, 0.15) is 46.0 Å². The molecule has 3 atom stereocenters. The van der Waals surface area contributed by atoms with Gasteiger partial charge in [0.2, 0.25) is 5.91 Å². The predicted molar refractivity (Wildman–Crippen MR) is 62.8 cm³/mol. The largest absolute Gasteiger partial charge is 0.325 e. The van der Waals surface area contributed by atoms with Gasteiger partial charge in [-0.05, 0) is 37.5 Å². The van der Waals surface area contributed by atoms with Crippen LogP contribution in [0.25, 0.3) is 0 Å². The maximum atomic E-state index is 12.3. The summed E-state index contributed by atoms with van der Waals surface area (Å²) in [6.45, 7) is 5.49. The van der Waals surface area contributed by atoms with Crippen LogP contribution in [-0.4, -0.2) is 29.1 Å². The normalized spacial score (nSPS) is 39.5. The van der Waals surface area contributed by atoms with Crippen LogP contribution in [0.3, 0.4) is 0 Å². The van der Waals surface area contributed by atoms with Crippen LogP contribution < -0.4 is 5.32 Å². The van der Waals surface area contributed by atoms with Crippen LogP contribution in [0.5, 0.6) is 0 Å². The molecule has 1 saturated heterocycles. The molecule has 0 bridgehead atoms. The van der Waals surface area contributed by atoms with E-state index in [0.717, 1.165) is 44.1 Å². The molecule has 3 rings (SSSR count). The fourth-order valence-corrected chi connectivity index (χ4v) is 2.98. The summed E-state index contributed by atoms with van der Waals surface area (Å²) in [6.07, 6.45) is 6.01. The van der Waals surface area contributed by atoms with E-state index in [0.29, 0.717) is 12.1 Å². The van der Waals surface area contributed by atoms with E-state index in [-0.39, 0.29) is 5.54 Å². The number of nitrogens with one attached hydrogen (secondary N) is 1. The molecule has 0 aromatic heterocycles. The summed E-state index contributed by atoms with van der Waals surface area (Å²) in [5.74, 6) is 2.01. The van der Waals surface area contributed by atoms with Crippen LogP contribution >= 0.6 is 0 Å². The van der Waals surface area contributed by atoms with E-state index in [4.69, 9.17) is 0 Å². The minimum absolute atomic E-state index is 0.113. The van der Waals surface area contributed by atoms with Gasteiger partial charge in [0, 0.05) is 6.54 Å².